The van der Waals surface area contributed by atoms with E-state index in [0.29, 0.717) is 28.3 Å². The van der Waals surface area contributed by atoms with Crippen LogP contribution in [-0.2, 0) is 13.0 Å². The summed E-state index contributed by atoms with van der Waals surface area (Å²) in [6, 6.07) is 13.5. The van der Waals surface area contributed by atoms with Gasteiger partial charge in [0.1, 0.15) is 5.82 Å². The number of benzene rings is 2. The Kier molecular flexibility index (Phi) is 5.57. The number of para-hydroxylation sites is 1. The molecule has 2 aliphatic rings. The van der Waals surface area contributed by atoms with Gasteiger partial charge in [0.2, 0.25) is 0 Å². The van der Waals surface area contributed by atoms with Crippen molar-refractivity contribution >= 4 is 34.3 Å². The Morgan fingerprint density at radius 2 is 1.90 bits per heavy atom. The second-order valence-corrected chi connectivity index (χ2v) is 10.0. The molecule has 0 radical (unpaired) electrons. The molecule has 5 rings (SSSR count). The standard InChI is InChI=1S/C25H27N3O2S/c1-17-13-15-27(21-8-5-6-9-22(21)31-17)24(29)18-11-12-19-20(16-18)26-23-10-4-2-3-7-14-28(23)25(19)30/h5-6,8-9,11-12,16-17H,2-4,7,10,13-15H2,1H3/t17-/m1/s1. The van der Waals surface area contributed by atoms with Gasteiger partial charge in [-0.1, -0.05) is 31.9 Å². The van der Waals surface area contributed by atoms with E-state index in [4.69, 9.17) is 4.98 Å². The first-order valence-electron chi connectivity index (χ1n) is 11.2. The molecule has 1 atom stereocenters. The number of amides is 1. The van der Waals surface area contributed by atoms with Gasteiger partial charge in [-0.2, -0.15) is 0 Å². The molecule has 0 bridgehead atoms. The Morgan fingerprint density at radius 1 is 1.06 bits per heavy atom. The van der Waals surface area contributed by atoms with Crippen LogP contribution in [0.3, 0.4) is 0 Å². The smallest absolute Gasteiger partial charge is 0.261 e. The fraction of sp³-hybridized carbons (Fsp3) is 0.400. The number of aromatic nitrogens is 2. The second kappa shape index (κ2) is 8.50. The molecule has 0 N–H and O–H groups in total. The SMILES string of the molecule is C[C@@H]1CCN(C(=O)c2ccc3c(=O)n4c(nc3c2)CCCCCC4)c2ccccc2S1. The van der Waals surface area contributed by atoms with Crippen LogP contribution in [0, 0.1) is 0 Å². The predicted octanol–water partition coefficient (Wildman–Crippen LogP) is 5.04. The van der Waals surface area contributed by atoms with Crippen LogP contribution in [0.1, 0.15) is 55.2 Å². The molecule has 0 spiro atoms. The quantitative estimate of drug-likeness (QED) is 0.539. The van der Waals surface area contributed by atoms with Gasteiger partial charge in [0, 0.05) is 35.2 Å². The molecule has 2 aliphatic heterocycles. The summed E-state index contributed by atoms with van der Waals surface area (Å²) in [4.78, 5) is 34.5. The van der Waals surface area contributed by atoms with Crippen LogP contribution in [0.2, 0.25) is 0 Å². The van der Waals surface area contributed by atoms with Gasteiger partial charge in [-0.15, -0.1) is 11.8 Å². The Morgan fingerprint density at radius 3 is 2.81 bits per heavy atom. The molecule has 5 nitrogen and oxygen atoms in total. The van der Waals surface area contributed by atoms with Crippen LogP contribution >= 0.6 is 11.8 Å². The summed E-state index contributed by atoms with van der Waals surface area (Å²) in [6.45, 7) is 3.62. The molecular formula is C25H27N3O2S. The summed E-state index contributed by atoms with van der Waals surface area (Å²) in [5.41, 5.74) is 2.21. The van der Waals surface area contributed by atoms with Crippen molar-refractivity contribution in [1.82, 2.24) is 9.55 Å². The van der Waals surface area contributed by atoms with E-state index in [1.165, 1.54) is 6.42 Å². The average molecular weight is 434 g/mol. The summed E-state index contributed by atoms with van der Waals surface area (Å²) < 4.78 is 1.84. The van der Waals surface area contributed by atoms with Crippen LogP contribution in [0.15, 0.2) is 52.2 Å². The Hall–Kier alpha value is -2.60. The molecule has 31 heavy (non-hydrogen) atoms. The summed E-state index contributed by atoms with van der Waals surface area (Å²) in [7, 11) is 0. The van der Waals surface area contributed by atoms with E-state index < -0.39 is 0 Å². The average Bonchev–Trinajstić information content (AvgIpc) is 2.92. The molecule has 3 aromatic rings. The molecule has 1 aromatic heterocycles. The lowest BCUT2D eigenvalue weighted by Crippen LogP contribution is -2.32. The minimum atomic E-state index is -0.0299. The van der Waals surface area contributed by atoms with Gasteiger partial charge >= 0.3 is 0 Å². The minimum absolute atomic E-state index is 0.0197. The van der Waals surface area contributed by atoms with Crippen LogP contribution in [0.25, 0.3) is 10.9 Å². The van der Waals surface area contributed by atoms with Crippen molar-refractivity contribution in [2.75, 3.05) is 11.4 Å². The molecule has 0 unspecified atom stereocenters. The van der Waals surface area contributed by atoms with E-state index in [2.05, 4.69) is 13.0 Å². The molecule has 1 amide bonds. The lowest BCUT2D eigenvalue weighted by Gasteiger charge is -2.23. The molecule has 0 saturated heterocycles. The first-order chi connectivity index (χ1) is 15.1. The fourth-order valence-corrected chi connectivity index (χ4v) is 5.69. The third kappa shape index (κ3) is 3.89. The maximum absolute atomic E-state index is 13.5. The number of anilines is 1. The van der Waals surface area contributed by atoms with Crippen LogP contribution in [-0.4, -0.2) is 27.3 Å². The number of fused-ring (bicyclic) bond motifs is 3. The van der Waals surface area contributed by atoms with Crippen LogP contribution in [0.4, 0.5) is 5.69 Å². The second-order valence-electron chi connectivity index (χ2n) is 8.52. The maximum Gasteiger partial charge on any atom is 0.261 e. The van der Waals surface area contributed by atoms with Gasteiger partial charge in [0.05, 0.1) is 16.6 Å². The van der Waals surface area contributed by atoms with E-state index in [0.717, 1.165) is 55.1 Å². The summed E-state index contributed by atoms with van der Waals surface area (Å²) >= 11 is 1.82. The summed E-state index contributed by atoms with van der Waals surface area (Å²) in [5, 5.41) is 1.05. The summed E-state index contributed by atoms with van der Waals surface area (Å²) in [5.74, 6) is 0.824. The molecule has 6 heteroatoms. The minimum Gasteiger partial charge on any atom is -0.307 e. The number of carbonyl (C=O) groups excluding carboxylic acids is 1. The normalized spacial score (nSPS) is 19.1. The lowest BCUT2D eigenvalue weighted by molar-refractivity contribution is 0.0986. The van der Waals surface area contributed by atoms with Crippen molar-refractivity contribution in [2.45, 2.75) is 62.1 Å². The van der Waals surface area contributed by atoms with Gasteiger partial charge in [-0.25, -0.2) is 4.98 Å². The van der Waals surface area contributed by atoms with E-state index in [1.807, 2.05) is 45.5 Å². The first-order valence-corrected chi connectivity index (χ1v) is 12.1. The first kappa shape index (κ1) is 20.3. The monoisotopic (exact) mass is 433 g/mol. The van der Waals surface area contributed by atoms with Crippen molar-refractivity contribution in [3.05, 3.63) is 64.2 Å². The topological polar surface area (TPSA) is 55.2 Å². The van der Waals surface area contributed by atoms with E-state index in [9.17, 15) is 9.59 Å². The number of thioether (sulfide) groups is 1. The van der Waals surface area contributed by atoms with Crippen molar-refractivity contribution in [3.8, 4) is 0 Å². The van der Waals surface area contributed by atoms with Crippen molar-refractivity contribution < 1.29 is 4.79 Å². The molecule has 3 heterocycles. The van der Waals surface area contributed by atoms with Gasteiger partial charge in [-0.05, 0) is 49.6 Å². The Balaban J connectivity index is 1.55. The highest BCUT2D eigenvalue weighted by Gasteiger charge is 2.25. The van der Waals surface area contributed by atoms with E-state index in [-0.39, 0.29) is 11.5 Å². The number of rotatable bonds is 1. The fourth-order valence-electron chi connectivity index (χ4n) is 4.58. The third-order valence-electron chi connectivity index (χ3n) is 6.30. The molecular weight excluding hydrogens is 406 g/mol. The largest absolute Gasteiger partial charge is 0.307 e. The van der Waals surface area contributed by atoms with Gasteiger partial charge in [0.25, 0.3) is 11.5 Å². The summed E-state index contributed by atoms with van der Waals surface area (Å²) in [6.07, 6.45) is 6.16. The highest BCUT2D eigenvalue weighted by molar-refractivity contribution is 8.00. The van der Waals surface area contributed by atoms with Crippen molar-refractivity contribution in [2.24, 2.45) is 0 Å². The van der Waals surface area contributed by atoms with Gasteiger partial charge in [0.15, 0.2) is 0 Å². The molecule has 0 saturated carbocycles. The van der Waals surface area contributed by atoms with Gasteiger partial charge in [-0.3, -0.25) is 14.2 Å². The van der Waals surface area contributed by atoms with E-state index >= 15 is 0 Å². The number of hydrogen-bond acceptors (Lipinski definition) is 4. The lowest BCUT2D eigenvalue weighted by atomic mass is 10.1. The molecule has 2 aromatic carbocycles. The van der Waals surface area contributed by atoms with E-state index in [1.54, 1.807) is 12.1 Å². The predicted molar refractivity (Wildman–Crippen MR) is 126 cm³/mol. The Labute approximate surface area is 186 Å². The molecule has 0 fully saturated rings. The number of aryl methyl sites for hydroxylation is 1. The highest BCUT2D eigenvalue weighted by Crippen LogP contribution is 2.37. The maximum atomic E-state index is 13.5. The van der Waals surface area contributed by atoms with Gasteiger partial charge < -0.3 is 4.90 Å². The van der Waals surface area contributed by atoms with Crippen LogP contribution < -0.4 is 10.5 Å². The van der Waals surface area contributed by atoms with Crippen molar-refractivity contribution in [3.63, 3.8) is 0 Å². The molecule has 160 valence electrons. The highest BCUT2D eigenvalue weighted by atomic mass is 32.2. The Bertz CT molecular complexity index is 1200. The third-order valence-corrected chi connectivity index (χ3v) is 7.54. The zero-order valence-corrected chi connectivity index (χ0v) is 18.7. The number of hydrogen-bond donors (Lipinski definition) is 0. The number of carbonyl (C=O) groups is 1. The molecule has 0 aliphatic carbocycles. The zero-order chi connectivity index (χ0) is 21.4. The zero-order valence-electron chi connectivity index (χ0n) is 17.8. The van der Waals surface area contributed by atoms with Crippen LogP contribution in [0.5, 0.6) is 0 Å². The van der Waals surface area contributed by atoms with Crippen molar-refractivity contribution in [1.29, 1.82) is 0 Å². The number of nitrogens with zero attached hydrogens (tertiary/aromatic N) is 3.